The van der Waals surface area contributed by atoms with Gasteiger partial charge in [-0.3, -0.25) is 14.4 Å². The van der Waals surface area contributed by atoms with Crippen LogP contribution < -0.4 is 0 Å². The van der Waals surface area contributed by atoms with Gasteiger partial charge in [-0.1, -0.05) is 34.1 Å². The molecule has 4 nitrogen and oxygen atoms in total. The summed E-state index contributed by atoms with van der Waals surface area (Å²) in [6.07, 6.45) is 0.372. The van der Waals surface area contributed by atoms with E-state index in [9.17, 15) is 9.59 Å². The average molecular weight is 286 g/mol. The monoisotopic (exact) mass is 285 g/mol. The van der Waals surface area contributed by atoms with Gasteiger partial charge in [-0.2, -0.15) is 5.06 Å². The summed E-state index contributed by atoms with van der Waals surface area (Å²) in [5, 5.41) is 1.27. The van der Waals surface area contributed by atoms with Gasteiger partial charge in [-0.05, 0) is 18.6 Å². The predicted molar refractivity (Wildman–Crippen MR) is 63.2 cm³/mol. The fourth-order valence-electron chi connectivity index (χ4n) is 1.20. The lowest BCUT2D eigenvalue weighted by molar-refractivity contribution is -0.153. The molecule has 1 aromatic rings. The Morgan fingerprint density at radius 3 is 2.75 bits per heavy atom. The molecule has 0 aromatic heterocycles. The van der Waals surface area contributed by atoms with Crippen LogP contribution in [0.25, 0.3) is 0 Å². The summed E-state index contributed by atoms with van der Waals surface area (Å²) in [6.45, 7) is 2.07. The first-order valence-electron chi connectivity index (χ1n) is 4.74. The average Bonchev–Trinajstić information content (AvgIpc) is 2.30. The third-order valence-electron chi connectivity index (χ3n) is 1.98. The Morgan fingerprint density at radius 1 is 1.50 bits per heavy atom. The highest BCUT2D eigenvalue weighted by atomic mass is 79.9. The predicted octanol–water partition coefficient (Wildman–Crippen LogP) is 1.92. The number of imide groups is 1. The van der Waals surface area contributed by atoms with Crippen LogP contribution in [-0.4, -0.2) is 29.3 Å². The Kier molecular flexibility index (Phi) is 5.14. The first kappa shape index (κ1) is 12.9. The first-order valence-corrected chi connectivity index (χ1v) is 5.86. The molecule has 0 aliphatic carbocycles. The number of aryl methyl sites for hydroxylation is 1. The molecular weight excluding hydrogens is 274 g/mol. The fraction of sp³-hybridized carbons (Fsp3) is 0.273. The van der Waals surface area contributed by atoms with E-state index in [4.69, 9.17) is 4.84 Å². The van der Waals surface area contributed by atoms with Gasteiger partial charge in [0.25, 0.3) is 5.91 Å². The second kappa shape index (κ2) is 6.40. The van der Waals surface area contributed by atoms with Gasteiger partial charge < -0.3 is 0 Å². The molecule has 0 aliphatic rings. The van der Waals surface area contributed by atoms with Crippen molar-refractivity contribution in [3.8, 4) is 0 Å². The topological polar surface area (TPSA) is 46.6 Å². The molecule has 2 amide bonds. The van der Waals surface area contributed by atoms with E-state index in [1.54, 1.807) is 25.1 Å². The molecule has 0 saturated heterocycles. The number of carbonyl (C=O) groups is 2. The third kappa shape index (κ3) is 3.15. The van der Waals surface area contributed by atoms with Crippen LogP contribution in [0.2, 0.25) is 0 Å². The van der Waals surface area contributed by atoms with Crippen molar-refractivity contribution in [1.82, 2.24) is 5.06 Å². The molecule has 0 bridgehead atoms. The lowest BCUT2D eigenvalue weighted by Crippen LogP contribution is -2.31. The van der Waals surface area contributed by atoms with Crippen molar-refractivity contribution >= 4 is 28.2 Å². The van der Waals surface area contributed by atoms with Crippen molar-refractivity contribution in [2.45, 2.75) is 6.92 Å². The van der Waals surface area contributed by atoms with Crippen molar-refractivity contribution < 1.29 is 14.4 Å². The fourth-order valence-corrected chi connectivity index (χ4v) is 1.35. The molecule has 16 heavy (non-hydrogen) atoms. The standard InChI is InChI=1S/C11H12BrNO3/c1-9-4-2-3-5-10(9)11(15)13(8-14)16-7-6-12/h2-5,8H,6-7H2,1H3. The van der Waals surface area contributed by atoms with Gasteiger partial charge in [0, 0.05) is 10.9 Å². The Bertz CT molecular complexity index is 381. The zero-order chi connectivity index (χ0) is 12.0. The second-order valence-electron chi connectivity index (χ2n) is 3.07. The van der Waals surface area contributed by atoms with E-state index in [-0.39, 0.29) is 6.61 Å². The van der Waals surface area contributed by atoms with Crippen molar-refractivity contribution in [2.24, 2.45) is 0 Å². The van der Waals surface area contributed by atoms with Gasteiger partial charge in [0.15, 0.2) is 0 Å². The number of rotatable bonds is 5. The summed E-state index contributed by atoms with van der Waals surface area (Å²) < 4.78 is 0. The summed E-state index contributed by atoms with van der Waals surface area (Å²) in [6, 6.07) is 7.04. The summed E-state index contributed by atoms with van der Waals surface area (Å²) in [5.74, 6) is -0.450. The molecule has 0 radical (unpaired) electrons. The van der Waals surface area contributed by atoms with Crippen molar-refractivity contribution in [3.05, 3.63) is 35.4 Å². The molecule has 5 heteroatoms. The van der Waals surface area contributed by atoms with E-state index in [1.165, 1.54) is 0 Å². The molecule has 86 valence electrons. The van der Waals surface area contributed by atoms with E-state index in [0.717, 1.165) is 5.56 Å². The quantitative estimate of drug-likeness (QED) is 0.472. The lowest BCUT2D eigenvalue weighted by Gasteiger charge is -2.15. The van der Waals surface area contributed by atoms with E-state index in [1.807, 2.05) is 6.07 Å². The van der Waals surface area contributed by atoms with E-state index >= 15 is 0 Å². The normalized spacial score (nSPS) is 9.88. The van der Waals surface area contributed by atoms with Crippen LogP contribution in [0.1, 0.15) is 15.9 Å². The molecule has 1 rings (SSSR count). The van der Waals surface area contributed by atoms with Crippen molar-refractivity contribution in [1.29, 1.82) is 0 Å². The number of nitrogens with zero attached hydrogens (tertiary/aromatic N) is 1. The summed E-state index contributed by atoms with van der Waals surface area (Å²) >= 11 is 3.15. The smallest absolute Gasteiger partial charge is 0.276 e. The van der Waals surface area contributed by atoms with Gasteiger partial charge in [-0.25, -0.2) is 0 Å². The van der Waals surface area contributed by atoms with Crippen LogP contribution >= 0.6 is 15.9 Å². The largest absolute Gasteiger partial charge is 0.284 e. The van der Waals surface area contributed by atoms with Crippen LogP contribution in [0.4, 0.5) is 0 Å². The molecule has 0 unspecified atom stereocenters. The SMILES string of the molecule is Cc1ccccc1C(=O)N(C=O)OCCBr. The molecule has 0 atom stereocenters. The second-order valence-corrected chi connectivity index (χ2v) is 3.87. The minimum absolute atomic E-state index is 0.260. The Morgan fingerprint density at radius 2 is 2.19 bits per heavy atom. The highest BCUT2D eigenvalue weighted by molar-refractivity contribution is 9.09. The molecule has 0 spiro atoms. The van der Waals surface area contributed by atoms with Crippen LogP contribution in [0.3, 0.4) is 0 Å². The van der Waals surface area contributed by atoms with Gasteiger partial charge >= 0.3 is 0 Å². The number of alkyl halides is 1. The van der Waals surface area contributed by atoms with Crippen LogP contribution in [0.15, 0.2) is 24.3 Å². The molecular formula is C11H12BrNO3. The van der Waals surface area contributed by atoms with Gasteiger partial charge in [0.2, 0.25) is 6.41 Å². The Balaban J connectivity index is 2.83. The van der Waals surface area contributed by atoms with Crippen molar-refractivity contribution in [2.75, 3.05) is 11.9 Å². The Hall–Kier alpha value is -1.20. The lowest BCUT2D eigenvalue weighted by atomic mass is 10.1. The van der Waals surface area contributed by atoms with E-state index in [0.29, 0.717) is 22.4 Å². The number of halogens is 1. The molecule has 1 aromatic carbocycles. The number of amides is 2. The highest BCUT2D eigenvalue weighted by Gasteiger charge is 2.17. The van der Waals surface area contributed by atoms with E-state index in [2.05, 4.69) is 15.9 Å². The van der Waals surface area contributed by atoms with Crippen LogP contribution in [-0.2, 0) is 9.63 Å². The molecule has 0 aliphatic heterocycles. The molecule has 0 fully saturated rings. The highest BCUT2D eigenvalue weighted by Crippen LogP contribution is 2.10. The minimum atomic E-state index is -0.450. The maximum absolute atomic E-state index is 11.9. The summed E-state index contributed by atoms with van der Waals surface area (Å²) in [4.78, 5) is 27.5. The van der Waals surface area contributed by atoms with Crippen LogP contribution in [0, 0.1) is 6.92 Å². The zero-order valence-corrected chi connectivity index (χ0v) is 10.4. The molecule has 0 heterocycles. The summed E-state index contributed by atoms with van der Waals surface area (Å²) in [7, 11) is 0. The number of carbonyl (C=O) groups excluding carboxylic acids is 2. The molecule has 0 saturated carbocycles. The third-order valence-corrected chi connectivity index (χ3v) is 2.30. The maximum Gasteiger partial charge on any atom is 0.284 e. The van der Waals surface area contributed by atoms with Crippen LogP contribution in [0.5, 0.6) is 0 Å². The first-order chi connectivity index (χ1) is 7.70. The maximum atomic E-state index is 11.9. The number of hydrogen-bond acceptors (Lipinski definition) is 3. The van der Waals surface area contributed by atoms with E-state index < -0.39 is 5.91 Å². The van der Waals surface area contributed by atoms with Crippen molar-refractivity contribution in [3.63, 3.8) is 0 Å². The Labute approximate surface area is 102 Å². The number of hydrogen-bond donors (Lipinski definition) is 0. The van der Waals surface area contributed by atoms with Gasteiger partial charge in [0.05, 0.1) is 6.61 Å². The zero-order valence-electron chi connectivity index (χ0n) is 8.85. The van der Waals surface area contributed by atoms with Gasteiger partial charge in [0.1, 0.15) is 0 Å². The molecule has 0 N–H and O–H groups in total. The van der Waals surface area contributed by atoms with Gasteiger partial charge in [-0.15, -0.1) is 0 Å². The summed E-state index contributed by atoms with van der Waals surface area (Å²) in [5.41, 5.74) is 1.27. The minimum Gasteiger partial charge on any atom is -0.276 e. The number of hydroxylamine groups is 2. The number of benzene rings is 1.